The van der Waals surface area contributed by atoms with Gasteiger partial charge in [0.05, 0.1) is 5.38 Å². The van der Waals surface area contributed by atoms with Crippen LogP contribution in [0.1, 0.15) is 20.8 Å². The van der Waals surface area contributed by atoms with Crippen LogP contribution in [-0.2, 0) is 4.74 Å². The minimum atomic E-state index is -0.434. The third kappa shape index (κ3) is 3.76. The van der Waals surface area contributed by atoms with Crippen molar-refractivity contribution in [1.82, 2.24) is 4.90 Å². The summed E-state index contributed by atoms with van der Waals surface area (Å²) in [5.41, 5.74) is -0.434. The summed E-state index contributed by atoms with van der Waals surface area (Å²) in [5.74, 6) is 0. The third-order valence-corrected chi connectivity index (χ3v) is 3.83. The molecule has 1 rings (SSSR count). The van der Waals surface area contributed by atoms with Gasteiger partial charge in [-0.05, 0) is 27.0 Å². The largest absolute Gasteiger partial charge is 0.444 e. The lowest BCUT2D eigenvalue weighted by Gasteiger charge is -2.24. The fourth-order valence-corrected chi connectivity index (χ4v) is 2.70. The van der Waals surface area contributed by atoms with Crippen molar-refractivity contribution in [3.05, 3.63) is 0 Å². The quantitative estimate of drug-likeness (QED) is 0.671. The number of thioether (sulfide) groups is 1. The van der Waals surface area contributed by atoms with Gasteiger partial charge in [0.2, 0.25) is 0 Å². The first-order chi connectivity index (χ1) is 6.83. The standard InChI is InChI=1S/C10H18ClNO2S/c1-10(2,3)14-9(13)12-5-7(11)8(6-12)15-4/h7-8H,5-6H2,1-4H3/t7-,8-/m1/s1. The van der Waals surface area contributed by atoms with Gasteiger partial charge in [0.25, 0.3) is 0 Å². The molecule has 1 heterocycles. The van der Waals surface area contributed by atoms with Gasteiger partial charge in [0.15, 0.2) is 0 Å². The second kappa shape index (κ2) is 4.83. The second-order valence-electron chi connectivity index (χ2n) is 4.68. The lowest BCUT2D eigenvalue weighted by Crippen LogP contribution is -2.35. The van der Waals surface area contributed by atoms with Crippen LogP contribution in [0.25, 0.3) is 0 Å². The summed E-state index contributed by atoms with van der Waals surface area (Å²) in [7, 11) is 0. The van der Waals surface area contributed by atoms with E-state index in [0.717, 1.165) is 0 Å². The summed E-state index contributed by atoms with van der Waals surface area (Å²) in [4.78, 5) is 13.4. The van der Waals surface area contributed by atoms with E-state index in [-0.39, 0.29) is 11.5 Å². The van der Waals surface area contributed by atoms with Crippen molar-refractivity contribution < 1.29 is 9.53 Å². The van der Waals surface area contributed by atoms with Gasteiger partial charge in [-0.15, -0.1) is 11.6 Å². The number of hydrogen-bond acceptors (Lipinski definition) is 3. The fourth-order valence-electron chi connectivity index (χ4n) is 1.43. The van der Waals surface area contributed by atoms with E-state index in [4.69, 9.17) is 16.3 Å². The molecule has 0 aromatic rings. The van der Waals surface area contributed by atoms with Crippen molar-refractivity contribution in [2.75, 3.05) is 19.3 Å². The second-order valence-corrected chi connectivity index (χ2v) is 6.31. The molecule has 1 aliphatic heterocycles. The van der Waals surface area contributed by atoms with Crippen molar-refractivity contribution in [2.24, 2.45) is 0 Å². The highest BCUT2D eigenvalue weighted by Gasteiger charge is 2.35. The van der Waals surface area contributed by atoms with Crippen LogP contribution in [0.15, 0.2) is 0 Å². The van der Waals surface area contributed by atoms with E-state index in [1.54, 1.807) is 16.7 Å². The molecule has 5 heteroatoms. The Balaban J connectivity index is 2.50. The van der Waals surface area contributed by atoms with Gasteiger partial charge in [-0.2, -0.15) is 11.8 Å². The van der Waals surface area contributed by atoms with Crippen LogP contribution in [0.5, 0.6) is 0 Å². The molecule has 3 nitrogen and oxygen atoms in total. The van der Waals surface area contributed by atoms with Gasteiger partial charge >= 0.3 is 6.09 Å². The van der Waals surface area contributed by atoms with E-state index in [2.05, 4.69) is 0 Å². The van der Waals surface area contributed by atoms with Crippen LogP contribution in [0.2, 0.25) is 0 Å². The molecule has 0 saturated carbocycles. The number of carbonyl (C=O) groups is 1. The number of amides is 1. The maximum atomic E-state index is 11.7. The number of carbonyl (C=O) groups excluding carboxylic acids is 1. The van der Waals surface area contributed by atoms with Crippen molar-refractivity contribution >= 4 is 29.5 Å². The zero-order chi connectivity index (χ0) is 11.6. The lowest BCUT2D eigenvalue weighted by atomic mass is 10.2. The summed E-state index contributed by atoms with van der Waals surface area (Å²) >= 11 is 7.82. The van der Waals surface area contributed by atoms with Crippen LogP contribution in [0.3, 0.4) is 0 Å². The maximum absolute atomic E-state index is 11.7. The summed E-state index contributed by atoms with van der Waals surface area (Å²) in [5, 5.41) is 0.353. The molecule has 1 aliphatic rings. The number of ether oxygens (including phenoxy) is 1. The minimum absolute atomic E-state index is 0.0347. The highest BCUT2D eigenvalue weighted by molar-refractivity contribution is 7.99. The number of likely N-dealkylation sites (tertiary alicyclic amines) is 1. The van der Waals surface area contributed by atoms with Crippen molar-refractivity contribution in [3.63, 3.8) is 0 Å². The van der Waals surface area contributed by atoms with Crippen LogP contribution in [-0.4, -0.2) is 46.6 Å². The van der Waals surface area contributed by atoms with Crippen LogP contribution in [0.4, 0.5) is 4.79 Å². The molecule has 0 aliphatic carbocycles. The number of rotatable bonds is 1. The zero-order valence-corrected chi connectivity index (χ0v) is 11.2. The molecular formula is C10H18ClNO2S. The molecule has 88 valence electrons. The molecule has 0 spiro atoms. The van der Waals surface area contributed by atoms with Crippen molar-refractivity contribution in [3.8, 4) is 0 Å². The predicted molar refractivity (Wildman–Crippen MR) is 64.8 cm³/mol. The van der Waals surface area contributed by atoms with E-state index in [0.29, 0.717) is 18.3 Å². The molecule has 1 amide bonds. The Bertz CT molecular complexity index is 242. The Hall–Kier alpha value is -0.0900. The van der Waals surface area contributed by atoms with Crippen molar-refractivity contribution in [2.45, 2.75) is 37.0 Å². The van der Waals surface area contributed by atoms with Crippen LogP contribution < -0.4 is 0 Å². The molecule has 15 heavy (non-hydrogen) atoms. The Labute approximate surface area is 100 Å². The monoisotopic (exact) mass is 251 g/mol. The maximum Gasteiger partial charge on any atom is 0.410 e. The first kappa shape index (κ1) is 13.0. The normalized spacial score (nSPS) is 26.9. The van der Waals surface area contributed by atoms with Gasteiger partial charge in [0, 0.05) is 18.3 Å². The molecule has 2 atom stereocenters. The molecule has 0 radical (unpaired) electrons. The molecule has 0 aromatic carbocycles. The van der Waals surface area contributed by atoms with E-state index >= 15 is 0 Å². The minimum Gasteiger partial charge on any atom is -0.444 e. The number of alkyl halides is 1. The molecule has 0 N–H and O–H groups in total. The van der Waals surface area contributed by atoms with Gasteiger partial charge in [-0.1, -0.05) is 0 Å². The van der Waals surface area contributed by atoms with E-state index < -0.39 is 5.60 Å². The Kier molecular flexibility index (Phi) is 4.18. The molecule has 0 unspecified atom stereocenters. The average molecular weight is 252 g/mol. The van der Waals surface area contributed by atoms with Crippen LogP contribution in [0, 0.1) is 0 Å². The van der Waals surface area contributed by atoms with Gasteiger partial charge in [-0.3, -0.25) is 0 Å². The van der Waals surface area contributed by atoms with Crippen molar-refractivity contribution in [1.29, 1.82) is 0 Å². The summed E-state index contributed by atoms with van der Waals surface area (Å²) in [6.45, 7) is 6.87. The van der Waals surface area contributed by atoms with Crippen LogP contribution >= 0.6 is 23.4 Å². The Morgan fingerprint density at radius 1 is 1.47 bits per heavy atom. The lowest BCUT2D eigenvalue weighted by molar-refractivity contribution is 0.0296. The highest BCUT2D eigenvalue weighted by Crippen LogP contribution is 2.26. The summed E-state index contributed by atoms with van der Waals surface area (Å²) in [6.07, 6.45) is 1.75. The third-order valence-electron chi connectivity index (χ3n) is 2.15. The van der Waals surface area contributed by atoms with E-state index in [1.807, 2.05) is 27.0 Å². The smallest absolute Gasteiger partial charge is 0.410 e. The molecule has 1 saturated heterocycles. The highest BCUT2D eigenvalue weighted by atomic mass is 35.5. The Morgan fingerprint density at radius 2 is 2.07 bits per heavy atom. The topological polar surface area (TPSA) is 29.5 Å². The van der Waals surface area contributed by atoms with Gasteiger partial charge < -0.3 is 9.64 Å². The Morgan fingerprint density at radius 3 is 2.47 bits per heavy atom. The fraction of sp³-hybridized carbons (Fsp3) is 0.900. The van der Waals surface area contributed by atoms with E-state index in [9.17, 15) is 4.79 Å². The number of nitrogens with zero attached hydrogens (tertiary/aromatic N) is 1. The van der Waals surface area contributed by atoms with E-state index in [1.165, 1.54) is 0 Å². The summed E-state index contributed by atoms with van der Waals surface area (Å²) < 4.78 is 5.28. The molecule has 0 aromatic heterocycles. The predicted octanol–water partition coefficient (Wildman–Crippen LogP) is 2.58. The molecule has 0 bridgehead atoms. The van der Waals surface area contributed by atoms with Gasteiger partial charge in [-0.25, -0.2) is 4.79 Å². The summed E-state index contributed by atoms with van der Waals surface area (Å²) in [6, 6.07) is 0. The number of halogens is 1. The SMILES string of the molecule is CS[C@@H]1CN(C(=O)OC(C)(C)C)C[C@H]1Cl. The van der Waals surface area contributed by atoms with Gasteiger partial charge in [0.1, 0.15) is 5.60 Å². The molecule has 1 fully saturated rings. The first-order valence-electron chi connectivity index (χ1n) is 4.98. The number of hydrogen-bond donors (Lipinski definition) is 0. The average Bonchev–Trinajstić information content (AvgIpc) is 2.43. The zero-order valence-electron chi connectivity index (χ0n) is 9.62. The first-order valence-corrected chi connectivity index (χ1v) is 6.70. The molecular weight excluding hydrogens is 234 g/mol.